The second-order valence-electron chi connectivity index (χ2n) is 4.65. The van der Waals surface area contributed by atoms with E-state index in [0.717, 1.165) is 42.1 Å². The molecule has 0 amide bonds. The van der Waals surface area contributed by atoms with Crippen LogP contribution in [0.15, 0.2) is 12.1 Å². The first kappa shape index (κ1) is 16.6. The Hall–Kier alpha value is -1.42. The van der Waals surface area contributed by atoms with E-state index in [0.29, 0.717) is 26.4 Å². The van der Waals surface area contributed by atoms with Crippen LogP contribution in [0.4, 0.5) is 0 Å². The van der Waals surface area contributed by atoms with Crippen LogP contribution in [0.25, 0.3) is 0 Å². The minimum Gasteiger partial charge on any atom is -0.493 e. The predicted octanol–water partition coefficient (Wildman–Crippen LogP) is 3.51. The molecule has 1 aromatic carbocycles. The van der Waals surface area contributed by atoms with Gasteiger partial charge in [-0.1, -0.05) is 20.8 Å². The number of ether oxygens (including phenoxy) is 3. The number of rotatable bonds is 10. The maximum Gasteiger partial charge on any atom is 0.131 e. The Labute approximate surface area is 122 Å². The molecule has 2 N–H and O–H groups in total. The van der Waals surface area contributed by atoms with Gasteiger partial charge in [0, 0.05) is 24.2 Å². The molecule has 0 atom stereocenters. The van der Waals surface area contributed by atoms with Crippen molar-refractivity contribution in [2.75, 3.05) is 19.8 Å². The maximum atomic E-state index is 5.84. The molecule has 4 heteroatoms. The molecule has 0 radical (unpaired) electrons. The van der Waals surface area contributed by atoms with Crippen molar-refractivity contribution in [1.82, 2.24) is 0 Å². The smallest absolute Gasteiger partial charge is 0.131 e. The lowest BCUT2D eigenvalue weighted by Gasteiger charge is -2.17. The molecule has 1 rings (SSSR count). The van der Waals surface area contributed by atoms with Crippen LogP contribution in [0.2, 0.25) is 0 Å². The van der Waals surface area contributed by atoms with Gasteiger partial charge in [-0.05, 0) is 19.3 Å². The average Bonchev–Trinajstić information content (AvgIpc) is 2.48. The zero-order chi connectivity index (χ0) is 14.8. The molecule has 0 unspecified atom stereocenters. The van der Waals surface area contributed by atoms with E-state index >= 15 is 0 Å². The molecule has 114 valence electrons. The average molecular weight is 281 g/mol. The summed E-state index contributed by atoms with van der Waals surface area (Å²) in [6.07, 6.45) is 2.87. The van der Waals surface area contributed by atoms with Crippen LogP contribution in [0, 0.1) is 0 Å². The molecule has 0 aliphatic rings. The van der Waals surface area contributed by atoms with Gasteiger partial charge in [-0.3, -0.25) is 0 Å². The topological polar surface area (TPSA) is 53.7 Å². The van der Waals surface area contributed by atoms with Crippen LogP contribution in [-0.4, -0.2) is 19.8 Å². The van der Waals surface area contributed by atoms with Gasteiger partial charge in [-0.2, -0.15) is 0 Å². The molecule has 0 aliphatic carbocycles. The Morgan fingerprint density at radius 3 is 1.65 bits per heavy atom. The molecular weight excluding hydrogens is 254 g/mol. The van der Waals surface area contributed by atoms with Gasteiger partial charge in [0.15, 0.2) is 0 Å². The zero-order valence-corrected chi connectivity index (χ0v) is 12.9. The zero-order valence-electron chi connectivity index (χ0n) is 12.9. The van der Waals surface area contributed by atoms with Crippen molar-refractivity contribution in [1.29, 1.82) is 0 Å². The second-order valence-corrected chi connectivity index (χ2v) is 4.65. The van der Waals surface area contributed by atoms with E-state index in [1.165, 1.54) is 0 Å². The van der Waals surface area contributed by atoms with Crippen molar-refractivity contribution in [3.05, 3.63) is 17.7 Å². The number of hydrogen-bond acceptors (Lipinski definition) is 4. The molecule has 0 aliphatic heterocycles. The first-order chi connectivity index (χ1) is 9.76. The van der Waals surface area contributed by atoms with Crippen LogP contribution < -0.4 is 19.9 Å². The third kappa shape index (κ3) is 4.93. The van der Waals surface area contributed by atoms with E-state index in [1.807, 2.05) is 12.1 Å². The summed E-state index contributed by atoms with van der Waals surface area (Å²) in [5, 5.41) is 0. The van der Waals surface area contributed by atoms with Gasteiger partial charge in [0.1, 0.15) is 17.2 Å². The standard InChI is InChI=1S/C16H27NO3/c1-4-7-18-13-10-15(19-8-5-2)14(12-17)16(11-13)20-9-6-3/h10-11H,4-9,12,17H2,1-3H3. The highest BCUT2D eigenvalue weighted by molar-refractivity contribution is 5.50. The molecule has 0 fully saturated rings. The van der Waals surface area contributed by atoms with Crippen LogP contribution in [0.5, 0.6) is 17.2 Å². The predicted molar refractivity (Wildman–Crippen MR) is 81.7 cm³/mol. The maximum absolute atomic E-state index is 5.84. The van der Waals surface area contributed by atoms with Crippen LogP contribution >= 0.6 is 0 Å². The van der Waals surface area contributed by atoms with Crippen LogP contribution in [0.3, 0.4) is 0 Å². The fraction of sp³-hybridized carbons (Fsp3) is 0.625. The SMILES string of the molecule is CCCOc1cc(OCCC)c(CN)c(OCCC)c1. The minimum atomic E-state index is 0.395. The molecule has 0 saturated carbocycles. The summed E-state index contributed by atoms with van der Waals surface area (Å²) in [4.78, 5) is 0. The Kier molecular flexibility index (Phi) is 7.88. The molecule has 0 saturated heterocycles. The van der Waals surface area contributed by atoms with Crippen molar-refractivity contribution in [2.24, 2.45) is 5.73 Å². The van der Waals surface area contributed by atoms with Crippen molar-refractivity contribution in [3.8, 4) is 17.2 Å². The van der Waals surface area contributed by atoms with Crippen molar-refractivity contribution in [2.45, 2.75) is 46.6 Å². The summed E-state index contributed by atoms with van der Waals surface area (Å²) in [5.74, 6) is 2.32. The van der Waals surface area contributed by atoms with E-state index in [9.17, 15) is 0 Å². The highest BCUT2D eigenvalue weighted by Gasteiger charge is 2.13. The Balaban J connectivity index is 3.02. The first-order valence-corrected chi connectivity index (χ1v) is 7.52. The lowest BCUT2D eigenvalue weighted by Crippen LogP contribution is -2.08. The molecule has 0 bridgehead atoms. The number of hydrogen-bond donors (Lipinski definition) is 1. The van der Waals surface area contributed by atoms with Crippen molar-refractivity contribution >= 4 is 0 Å². The van der Waals surface area contributed by atoms with E-state index < -0.39 is 0 Å². The lowest BCUT2D eigenvalue weighted by molar-refractivity contribution is 0.282. The second kappa shape index (κ2) is 9.48. The van der Waals surface area contributed by atoms with E-state index in [2.05, 4.69) is 20.8 Å². The summed E-state index contributed by atoms with van der Waals surface area (Å²) in [6, 6.07) is 3.82. The summed E-state index contributed by atoms with van der Waals surface area (Å²) < 4.78 is 17.3. The minimum absolute atomic E-state index is 0.395. The Bertz CT molecular complexity index is 364. The molecule has 4 nitrogen and oxygen atoms in total. The van der Waals surface area contributed by atoms with Crippen molar-refractivity contribution < 1.29 is 14.2 Å². The summed E-state index contributed by atoms with van der Waals surface area (Å²) in [7, 11) is 0. The highest BCUT2D eigenvalue weighted by atomic mass is 16.5. The van der Waals surface area contributed by atoms with Crippen LogP contribution in [0.1, 0.15) is 45.6 Å². The summed E-state index contributed by atoms with van der Waals surface area (Å²) >= 11 is 0. The highest BCUT2D eigenvalue weighted by Crippen LogP contribution is 2.34. The Morgan fingerprint density at radius 2 is 1.25 bits per heavy atom. The fourth-order valence-electron chi connectivity index (χ4n) is 1.78. The Morgan fingerprint density at radius 1 is 0.800 bits per heavy atom. The van der Waals surface area contributed by atoms with Gasteiger partial charge < -0.3 is 19.9 Å². The van der Waals surface area contributed by atoms with Gasteiger partial charge in [-0.15, -0.1) is 0 Å². The summed E-state index contributed by atoms with van der Waals surface area (Å²) in [5.41, 5.74) is 6.76. The summed E-state index contributed by atoms with van der Waals surface area (Å²) in [6.45, 7) is 8.64. The number of nitrogens with two attached hydrogens (primary N) is 1. The third-order valence-electron chi connectivity index (χ3n) is 2.74. The lowest BCUT2D eigenvalue weighted by atomic mass is 10.1. The largest absolute Gasteiger partial charge is 0.493 e. The number of benzene rings is 1. The van der Waals surface area contributed by atoms with E-state index in [1.54, 1.807) is 0 Å². The molecule has 20 heavy (non-hydrogen) atoms. The van der Waals surface area contributed by atoms with Gasteiger partial charge in [-0.25, -0.2) is 0 Å². The normalized spacial score (nSPS) is 10.4. The molecule has 0 heterocycles. The van der Waals surface area contributed by atoms with Crippen LogP contribution in [-0.2, 0) is 6.54 Å². The quantitative estimate of drug-likeness (QED) is 0.713. The van der Waals surface area contributed by atoms with E-state index in [4.69, 9.17) is 19.9 Å². The third-order valence-corrected chi connectivity index (χ3v) is 2.74. The van der Waals surface area contributed by atoms with Gasteiger partial charge in [0.05, 0.1) is 19.8 Å². The molecule has 0 aromatic heterocycles. The molecule has 1 aromatic rings. The first-order valence-electron chi connectivity index (χ1n) is 7.52. The van der Waals surface area contributed by atoms with E-state index in [-0.39, 0.29) is 0 Å². The fourth-order valence-corrected chi connectivity index (χ4v) is 1.78. The van der Waals surface area contributed by atoms with Gasteiger partial charge >= 0.3 is 0 Å². The molecule has 0 spiro atoms. The monoisotopic (exact) mass is 281 g/mol. The van der Waals surface area contributed by atoms with Gasteiger partial charge in [0.2, 0.25) is 0 Å². The van der Waals surface area contributed by atoms with Gasteiger partial charge in [0.25, 0.3) is 0 Å². The molecular formula is C16H27NO3. The van der Waals surface area contributed by atoms with Crippen molar-refractivity contribution in [3.63, 3.8) is 0 Å².